The van der Waals surface area contributed by atoms with Crippen LogP contribution in [0.3, 0.4) is 0 Å². The summed E-state index contributed by atoms with van der Waals surface area (Å²) in [4.78, 5) is 21.3. The number of ketones is 1. The number of ether oxygens (including phenoxy) is 1. The standard InChI is InChI=1S/C24H38N2O3/c1-8-11-17(16-28-24(5,6)7)12-9-10-13-20(27)19-15-25-22-18(26-19)14-21(29-22)23(2,3)4/h14-15,17H,8-13,16H2,1-7H3. The van der Waals surface area contributed by atoms with Gasteiger partial charge >= 0.3 is 0 Å². The normalized spacial score (nSPS) is 13.8. The minimum atomic E-state index is -0.113. The minimum absolute atomic E-state index is 0.0518. The quantitative estimate of drug-likeness (QED) is 0.335. The van der Waals surface area contributed by atoms with E-state index in [1.807, 2.05) is 6.07 Å². The summed E-state index contributed by atoms with van der Waals surface area (Å²) in [7, 11) is 0. The van der Waals surface area contributed by atoms with Crippen LogP contribution in [0.5, 0.6) is 0 Å². The molecule has 0 aliphatic heterocycles. The maximum atomic E-state index is 12.6. The Kier molecular flexibility index (Phi) is 7.98. The lowest BCUT2D eigenvalue weighted by Crippen LogP contribution is -2.23. The van der Waals surface area contributed by atoms with Crippen molar-refractivity contribution in [1.82, 2.24) is 9.97 Å². The summed E-state index contributed by atoms with van der Waals surface area (Å²) in [6.07, 6.45) is 7.36. The third kappa shape index (κ3) is 7.54. The van der Waals surface area contributed by atoms with Crippen molar-refractivity contribution in [2.45, 2.75) is 98.0 Å². The monoisotopic (exact) mass is 402 g/mol. The van der Waals surface area contributed by atoms with Gasteiger partial charge in [0.05, 0.1) is 18.4 Å². The molecule has 0 amide bonds. The van der Waals surface area contributed by atoms with Gasteiger partial charge in [0, 0.05) is 17.9 Å². The molecule has 0 spiro atoms. The lowest BCUT2D eigenvalue weighted by Gasteiger charge is -2.24. The van der Waals surface area contributed by atoms with Gasteiger partial charge in [-0.25, -0.2) is 9.97 Å². The number of nitrogens with zero attached hydrogens (tertiary/aromatic N) is 2. The van der Waals surface area contributed by atoms with Crippen molar-refractivity contribution in [1.29, 1.82) is 0 Å². The topological polar surface area (TPSA) is 65.2 Å². The second-order valence-electron chi connectivity index (χ2n) is 10.1. The third-order valence-corrected chi connectivity index (χ3v) is 4.98. The number of carbonyl (C=O) groups excluding carboxylic acids is 1. The molecule has 1 atom stereocenters. The van der Waals surface area contributed by atoms with Gasteiger partial charge in [0.25, 0.3) is 0 Å². The fourth-order valence-corrected chi connectivity index (χ4v) is 3.26. The molecule has 1 unspecified atom stereocenters. The Morgan fingerprint density at radius 3 is 2.48 bits per heavy atom. The number of furan rings is 1. The molecule has 0 fully saturated rings. The molecule has 29 heavy (non-hydrogen) atoms. The number of Topliss-reactive ketones (excluding diaryl/α,β-unsaturated/α-hetero) is 1. The van der Waals surface area contributed by atoms with Gasteiger partial charge in [0.15, 0.2) is 5.78 Å². The first-order valence-electron chi connectivity index (χ1n) is 10.9. The van der Waals surface area contributed by atoms with Crippen LogP contribution in [0.15, 0.2) is 16.7 Å². The summed E-state index contributed by atoms with van der Waals surface area (Å²) >= 11 is 0. The van der Waals surface area contributed by atoms with Crippen molar-refractivity contribution >= 4 is 17.0 Å². The molecule has 5 nitrogen and oxygen atoms in total. The summed E-state index contributed by atoms with van der Waals surface area (Å²) in [5.41, 5.74) is 1.37. The summed E-state index contributed by atoms with van der Waals surface area (Å²) in [5, 5.41) is 0. The van der Waals surface area contributed by atoms with Gasteiger partial charge in [-0.05, 0) is 46.0 Å². The Labute approximate surface area is 175 Å². The van der Waals surface area contributed by atoms with E-state index >= 15 is 0 Å². The molecule has 162 valence electrons. The van der Waals surface area contributed by atoms with E-state index in [1.165, 1.54) is 12.6 Å². The van der Waals surface area contributed by atoms with Crippen molar-refractivity contribution < 1.29 is 13.9 Å². The maximum absolute atomic E-state index is 12.6. The van der Waals surface area contributed by atoms with E-state index in [0.717, 1.165) is 38.1 Å². The van der Waals surface area contributed by atoms with E-state index in [-0.39, 0.29) is 16.8 Å². The van der Waals surface area contributed by atoms with Gasteiger partial charge in [0.2, 0.25) is 5.71 Å². The molecule has 0 saturated carbocycles. The molecular formula is C24H38N2O3. The SMILES string of the molecule is CCCC(CCCCC(=O)c1cnc2oc(C(C)(C)C)cc2n1)COC(C)(C)C. The lowest BCUT2D eigenvalue weighted by molar-refractivity contribution is -0.0252. The molecular weight excluding hydrogens is 364 g/mol. The van der Waals surface area contributed by atoms with Crippen molar-refractivity contribution in [3.8, 4) is 0 Å². The summed E-state index contributed by atoms with van der Waals surface area (Å²) in [5.74, 6) is 1.44. The molecule has 5 heteroatoms. The zero-order chi connectivity index (χ0) is 21.7. The largest absolute Gasteiger partial charge is 0.441 e. The third-order valence-electron chi connectivity index (χ3n) is 4.98. The van der Waals surface area contributed by atoms with Crippen LogP contribution in [0, 0.1) is 5.92 Å². The van der Waals surface area contributed by atoms with Gasteiger partial charge in [-0.1, -0.05) is 40.5 Å². The molecule has 2 heterocycles. The van der Waals surface area contributed by atoms with Gasteiger partial charge in [0.1, 0.15) is 17.0 Å². The van der Waals surface area contributed by atoms with E-state index < -0.39 is 0 Å². The van der Waals surface area contributed by atoms with Crippen molar-refractivity contribution in [3.63, 3.8) is 0 Å². The van der Waals surface area contributed by atoms with E-state index in [1.54, 1.807) is 0 Å². The molecule has 0 saturated heterocycles. The lowest BCUT2D eigenvalue weighted by atomic mass is 9.93. The average Bonchev–Trinajstić information content (AvgIpc) is 3.06. The molecule has 0 radical (unpaired) electrons. The minimum Gasteiger partial charge on any atom is -0.441 e. The fraction of sp³-hybridized carbons (Fsp3) is 0.708. The highest BCUT2D eigenvalue weighted by atomic mass is 16.5. The van der Waals surface area contributed by atoms with Crippen LogP contribution in [0.1, 0.15) is 103 Å². The van der Waals surface area contributed by atoms with Crippen LogP contribution < -0.4 is 0 Å². The zero-order valence-corrected chi connectivity index (χ0v) is 19.3. The molecule has 2 aromatic heterocycles. The second kappa shape index (κ2) is 9.84. The zero-order valence-electron chi connectivity index (χ0n) is 19.3. The van der Waals surface area contributed by atoms with Gasteiger partial charge in [-0.15, -0.1) is 0 Å². The molecule has 0 aromatic carbocycles. The second-order valence-corrected chi connectivity index (χ2v) is 10.1. The molecule has 2 aromatic rings. The van der Waals surface area contributed by atoms with Crippen LogP contribution in [0.25, 0.3) is 11.2 Å². The summed E-state index contributed by atoms with van der Waals surface area (Å²) in [6.45, 7) is 15.5. The molecule has 0 N–H and O–H groups in total. The van der Waals surface area contributed by atoms with Gasteiger partial charge in [-0.2, -0.15) is 0 Å². The van der Waals surface area contributed by atoms with E-state index in [9.17, 15) is 4.79 Å². The number of unbranched alkanes of at least 4 members (excludes halogenated alkanes) is 1. The molecule has 0 aliphatic carbocycles. The molecule has 2 rings (SSSR count). The number of hydrogen-bond acceptors (Lipinski definition) is 5. The van der Waals surface area contributed by atoms with Crippen LogP contribution in [-0.4, -0.2) is 28.0 Å². The van der Waals surface area contributed by atoms with Crippen molar-refractivity contribution in [2.75, 3.05) is 6.61 Å². The average molecular weight is 403 g/mol. The predicted molar refractivity (Wildman–Crippen MR) is 117 cm³/mol. The Morgan fingerprint density at radius 1 is 1.14 bits per heavy atom. The highest BCUT2D eigenvalue weighted by Crippen LogP contribution is 2.27. The highest BCUT2D eigenvalue weighted by Gasteiger charge is 2.21. The Morgan fingerprint density at radius 2 is 1.86 bits per heavy atom. The van der Waals surface area contributed by atoms with Crippen molar-refractivity contribution in [2.24, 2.45) is 5.92 Å². The summed E-state index contributed by atoms with van der Waals surface area (Å²) < 4.78 is 11.7. The first kappa shape index (κ1) is 23.5. The van der Waals surface area contributed by atoms with Gasteiger partial charge < -0.3 is 9.15 Å². The Balaban J connectivity index is 1.86. The summed E-state index contributed by atoms with van der Waals surface area (Å²) in [6, 6.07) is 1.89. The number of fused-ring (bicyclic) bond motifs is 1. The van der Waals surface area contributed by atoms with Crippen LogP contribution in [0.2, 0.25) is 0 Å². The number of rotatable bonds is 10. The number of hydrogen-bond donors (Lipinski definition) is 0. The van der Waals surface area contributed by atoms with E-state index in [4.69, 9.17) is 9.15 Å². The first-order valence-corrected chi connectivity index (χ1v) is 10.9. The Hall–Kier alpha value is -1.75. The molecule has 0 bridgehead atoms. The maximum Gasteiger partial charge on any atom is 0.245 e. The highest BCUT2D eigenvalue weighted by molar-refractivity contribution is 5.95. The predicted octanol–water partition coefficient (Wildman–Crippen LogP) is 6.49. The van der Waals surface area contributed by atoms with Crippen LogP contribution in [-0.2, 0) is 10.2 Å². The van der Waals surface area contributed by atoms with Crippen LogP contribution in [0.4, 0.5) is 0 Å². The first-order chi connectivity index (χ1) is 13.5. The fourth-order valence-electron chi connectivity index (χ4n) is 3.26. The number of aromatic nitrogens is 2. The molecule has 0 aliphatic rings. The Bertz CT molecular complexity index is 797. The van der Waals surface area contributed by atoms with Gasteiger partial charge in [-0.3, -0.25) is 4.79 Å². The van der Waals surface area contributed by atoms with E-state index in [2.05, 4.69) is 58.4 Å². The smallest absolute Gasteiger partial charge is 0.245 e. The number of carbonyl (C=O) groups is 1. The van der Waals surface area contributed by atoms with E-state index in [0.29, 0.717) is 29.3 Å². The van der Waals surface area contributed by atoms with Crippen LogP contribution >= 0.6 is 0 Å². The van der Waals surface area contributed by atoms with Crippen molar-refractivity contribution in [3.05, 3.63) is 23.7 Å².